The summed E-state index contributed by atoms with van der Waals surface area (Å²) in [5.74, 6) is -0.916. The highest BCUT2D eigenvalue weighted by molar-refractivity contribution is 5.69. The van der Waals surface area contributed by atoms with Gasteiger partial charge in [-0.05, 0) is 25.7 Å². The van der Waals surface area contributed by atoms with Crippen molar-refractivity contribution in [2.45, 2.75) is 31.8 Å². The van der Waals surface area contributed by atoms with Crippen molar-refractivity contribution in [2.75, 3.05) is 6.61 Å². The average Bonchev–Trinajstić information content (AvgIpc) is 2.15. The van der Waals surface area contributed by atoms with Crippen LogP contribution in [0.4, 0.5) is 0 Å². The number of carboxylic acids is 1. The second kappa shape index (κ2) is 4.83. The molecule has 13 heavy (non-hydrogen) atoms. The first-order chi connectivity index (χ1) is 6.24. The van der Waals surface area contributed by atoms with Gasteiger partial charge in [0.05, 0.1) is 18.1 Å². The molecule has 0 aliphatic heterocycles. The van der Waals surface area contributed by atoms with Crippen LogP contribution in [0.15, 0.2) is 0 Å². The Bertz CT molecular complexity index is 213. The van der Waals surface area contributed by atoms with Crippen LogP contribution in [0.1, 0.15) is 25.7 Å². The minimum absolute atomic E-state index is 0.0928. The van der Waals surface area contributed by atoms with Gasteiger partial charge in [-0.2, -0.15) is 5.26 Å². The van der Waals surface area contributed by atoms with Gasteiger partial charge < -0.3 is 9.84 Å². The van der Waals surface area contributed by atoms with Crippen LogP contribution >= 0.6 is 0 Å². The Morgan fingerprint density at radius 3 is 2.54 bits per heavy atom. The van der Waals surface area contributed by atoms with Gasteiger partial charge in [-0.1, -0.05) is 0 Å². The molecule has 0 spiro atoms. The van der Waals surface area contributed by atoms with Gasteiger partial charge in [0, 0.05) is 0 Å². The molecule has 4 nitrogen and oxygen atoms in total. The van der Waals surface area contributed by atoms with Gasteiger partial charge in [0.1, 0.15) is 6.61 Å². The Morgan fingerprint density at radius 1 is 1.46 bits per heavy atom. The topological polar surface area (TPSA) is 70.3 Å². The van der Waals surface area contributed by atoms with E-state index in [1.807, 2.05) is 6.07 Å². The maximum Gasteiger partial charge on any atom is 0.306 e. The molecule has 1 saturated carbocycles. The molecule has 1 N–H and O–H groups in total. The Hall–Kier alpha value is -1.08. The number of nitrogens with zero attached hydrogens (tertiary/aromatic N) is 1. The molecule has 0 heterocycles. The molecule has 1 fully saturated rings. The quantitative estimate of drug-likeness (QED) is 0.713. The highest BCUT2D eigenvalue weighted by Gasteiger charge is 2.25. The molecule has 1 aliphatic carbocycles. The third-order valence-corrected chi connectivity index (χ3v) is 2.41. The Balaban J connectivity index is 2.23. The maximum atomic E-state index is 10.6. The van der Waals surface area contributed by atoms with Crippen molar-refractivity contribution in [3.63, 3.8) is 0 Å². The van der Waals surface area contributed by atoms with E-state index in [1.54, 1.807) is 0 Å². The lowest BCUT2D eigenvalue weighted by Crippen LogP contribution is -2.26. The lowest BCUT2D eigenvalue weighted by Gasteiger charge is -2.25. The van der Waals surface area contributed by atoms with Crippen LogP contribution in [0.5, 0.6) is 0 Å². The molecule has 4 heteroatoms. The number of carbonyl (C=O) groups is 1. The smallest absolute Gasteiger partial charge is 0.306 e. The third-order valence-electron chi connectivity index (χ3n) is 2.41. The molecule has 0 unspecified atom stereocenters. The summed E-state index contributed by atoms with van der Waals surface area (Å²) >= 11 is 0. The largest absolute Gasteiger partial charge is 0.481 e. The molecule has 0 aromatic heterocycles. The van der Waals surface area contributed by atoms with E-state index < -0.39 is 5.97 Å². The predicted octanol–water partition coefficient (Wildman–Crippen LogP) is 1.17. The molecule has 0 bridgehead atoms. The van der Waals surface area contributed by atoms with Crippen molar-refractivity contribution in [3.8, 4) is 6.07 Å². The monoisotopic (exact) mass is 183 g/mol. The molecule has 0 amide bonds. The number of aliphatic carboxylic acids is 1. The summed E-state index contributed by atoms with van der Waals surface area (Å²) in [4.78, 5) is 10.6. The molecular formula is C9H13NO3. The number of rotatable bonds is 3. The summed E-state index contributed by atoms with van der Waals surface area (Å²) in [5.41, 5.74) is 0. The standard InChI is InChI=1S/C9H13NO3/c10-5-6-13-8-3-1-7(2-4-8)9(11)12/h7-8H,1-4,6H2,(H,11,12). The Morgan fingerprint density at radius 2 is 2.08 bits per heavy atom. The molecule has 1 rings (SSSR count). The summed E-state index contributed by atoms with van der Waals surface area (Å²) in [6.45, 7) is 0.113. The number of nitriles is 1. The van der Waals surface area contributed by atoms with Crippen molar-refractivity contribution in [1.82, 2.24) is 0 Å². The fraction of sp³-hybridized carbons (Fsp3) is 0.778. The number of hydrogen-bond donors (Lipinski definition) is 1. The highest BCUT2D eigenvalue weighted by Crippen LogP contribution is 2.26. The van der Waals surface area contributed by atoms with Gasteiger partial charge >= 0.3 is 5.97 Å². The van der Waals surface area contributed by atoms with Gasteiger partial charge in [-0.15, -0.1) is 0 Å². The molecule has 0 saturated heterocycles. The zero-order valence-corrected chi connectivity index (χ0v) is 7.40. The highest BCUT2D eigenvalue weighted by atomic mass is 16.5. The van der Waals surface area contributed by atoms with E-state index in [1.165, 1.54) is 0 Å². The van der Waals surface area contributed by atoms with Crippen molar-refractivity contribution in [2.24, 2.45) is 5.92 Å². The molecule has 1 aliphatic rings. The second-order valence-corrected chi connectivity index (χ2v) is 3.28. The number of hydrogen-bond acceptors (Lipinski definition) is 3. The van der Waals surface area contributed by atoms with Crippen molar-refractivity contribution in [1.29, 1.82) is 5.26 Å². The summed E-state index contributed by atoms with van der Waals surface area (Å²) < 4.78 is 5.21. The second-order valence-electron chi connectivity index (χ2n) is 3.28. The first kappa shape index (κ1) is 10.0. The lowest BCUT2D eigenvalue weighted by molar-refractivity contribution is -0.143. The van der Waals surface area contributed by atoms with E-state index in [2.05, 4.69) is 0 Å². The minimum Gasteiger partial charge on any atom is -0.481 e. The molecule has 0 radical (unpaired) electrons. The molecule has 0 aromatic rings. The first-order valence-electron chi connectivity index (χ1n) is 4.45. The molecular weight excluding hydrogens is 170 g/mol. The summed E-state index contributed by atoms with van der Waals surface area (Å²) in [5, 5.41) is 17.0. The molecule has 0 atom stereocenters. The van der Waals surface area contributed by atoms with Crippen LogP contribution in [0, 0.1) is 17.2 Å². The maximum absolute atomic E-state index is 10.6. The Labute approximate surface area is 77.1 Å². The van der Waals surface area contributed by atoms with Crippen LogP contribution < -0.4 is 0 Å². The van der Waals surface area contributed by atoms with E-state index in [0.717, 1.165) is 12.8 Å². The normalized spacial score (nSPS) is 27.9. The zero-order chi connectivity index (χ0) is 9.68. The van der Waals surface area contributed by atoms with Crippen molar-refractivity contribution >= 4 is 5.97 Å². The van der Waals surface area contributed by atoms with Gasteiger partial charge in [0.2, 0.25) is 0 Å². The Kier molecular flexibility index (Phi) is 3.71. The van der Waals surface area contributed by atoms with E-state index >= 15 is 0 Å². The fourth-order valence-corrected chi connectivity index (χ4v) is 1.63. The first-order valence-corrected chi connectivity index (χ1v) is 4.45. The van der Waals surface area contributed by atoms with E-state index in [9.17, 15) is 4.79 Å². The number of ether oxygens (including phenoxy) is 1. The van der Waals surface area contributed by atoms with E-state index in [4.69, 9.17) is 15.1 Å². The fourth-order valence-electron chi connectivity index (χ4n) is 1.63. The summed E-state index contributed by atoms with van der Waals surface area (Å²) in [7, 11) is 0. The van der Waals surface area contributed by atoms with Crippen LogP contribution in [0.3, 0.4) is 0 Å². The molecule has 72 valence electrons. The lowest BCUT2D eigenvalue weighted by atomic mass is 9.87. The average molecular weight is 183 g/mol. The van der Waals surface area contributed by atoms with Crippen LogP contribution in [-0.4, -0.2) is 23.8 Å². The van der Waals surface area contributed by atoms with Gasteiger partial charge in [-0.25, -0.2) is 0 Å². The van der Waals surface area contributed by atoms with Crippen LogP contribution in [-0.2, 0) is 9.53 Å². The summed E-state index contributed by atoms with van der Waals surface area (Å²) in [6.07, 6.45) is 2.96. The van der Waals surface area contributed by atoms with Crippen molar-refractivity contribution < 1.29 is 14.6 Å². The zero-order valence-electron chi connectivity index (χ0n) is 7.40. The predicted molar refractivity (Wildman–Crippen MR) is 44.9 cm³/mol. The van der Waals surface area contributed by atoms with Gasteiger partial charge in [-0.3, -0.25) is 4.79 Å². The van der Waals surface area contributed by atoms with Gasteiger partial charge in [0.25, 0.3) is 0 Å². The van der Waals surface area contributed by atoms with Crippen molar-refractivity contribution in [3.05, 3.63) is 0 Å². The van der Waals surface area contributed by atoms with E-state index in [-0.39, 0.29) is 18.6 Å². The third kappa shape index (κ3) is 3.03. The van der Waals surface area contributed by atoms with Gasteiger partial charge in [0.15, 0.2) is 0 Å². The SMILES string of the molecule is N#CCOC1CCC(C(=O)O)CC1. The molecule has 0 aromatic carbocycles. The van der Waals surface area contributed by atoms with Crippen LogP contribution in [0.2, 0.25) is 0 Å². The summed E-state index contributed by atoms with van der Waals surface area (Å²) in [6, 6.07) is 1.91. The minimum atomic E-state index is -0.710. The van der Waals surface area contributed by atoms with Crippen LogP contribution in [0.25, 0.3) is 0 Å². The number of carboxylic acid groups (broad SMARTS) is 1. The van der Waals surface area contributed by atoms with E-state index in [0.29, 0.717) is 12.8 Å².